The van der Waals surface area contributed by atoms with Crippen molar-refractivity contribution < 1.29 is 28.5 Å². The Bertz CT molecular complexity index is 1070. The summed E-state index contributed by atoms with van der Waals surface area (Å²) in [7, 11) is 0. The second kappa shape index (κ2) is 28.7. The number of esters is 2. The molecule has 0 radical (unpaired) electrons. The highest BCUT2D eigenvalue weighted by Gasteiger charge is 2.14. The Morgan fingerprint density at radius 2 is 0.857 bits per heavy atom. The number of nitrogens with two attached hydrogens (primary N) is 1. The summed E-state index contributed by atoms with van der Waals surface area (Å²) in [4.78, 5) is 24.7. The number of carbonyl (C=O) groups is 2. The van der Waals surface area contributed by atoms with Gasteiger partial charge in [-0.25, -0.2) is 0 Å². The third kappa shape index (κ3) is 22.3. The fourth-order valence-electron chi connectivity index (χ4n) is 5.76. The van der Waals surface area contributed by atoms with Gasteiger partial charge < -0.3 is 24.7 Å². The van der Waals surface area contributed by atoms with Crippen LogP contribution in [-0.4, -0.2) is 25.2 Å². The first-order chi connectivity index (χ1) is 24.0. The van der Waals surface area contributed by atoms with E-state index in [4.69, 9.17) is 24.7 Å². The first-order valence-corrected chi connectivity index (χ1v) is 19.5. The van der Waals surface area contributed by atoms with Crippen molar-refractivity contribution in [2.45, 2.75) is 168 Å². The van der Waals surface area contributed by atoms with Crippen molar-refractivity contribution in [3.8, 4) is 11.5 Å². The van der Waals surface area contributed by atoms with Crippen LogP contribution < -0.4 is 15.2 Å². The molecule has 2 N–H and O–H groups in total. The zero-order valence-electron chi connectivity index (χ0n) is 31.0. The summed E-state index contributed by atoms with van der Waals surface area (Å²) in [6.45, 7) is 6.36. The third-order valence-electron chi connectivity index (χ3n) is 8.82. The molecule has 0 aliphatic rings. The molecule has 49 heavy (non-hydrogen) atoms. The lowest BCUT2D eigenvalue weighted by molar-refractivity contribution is -0.156. The highest BCUT2D eigenvalue weighted by Crippen LogP contribution is 2.25. The Hall–Kier alpha value is -3.06. The van der Waals surface area contributed by atoms with Gasteiger partial charge in [-0.05, 0) is 41.7 Å². The number of benzene rings is 2. The summed E-state index contributed by atoms with van der Waals surface area (Å²) in [5.74, 6) is 0.167. The van der Waals surface area contributed by atoms with Gasteiger partial charge in [-0.15, -0.1) is 0 Å². The van der Waals surface area contributed by atoms with Gasteiger partial charge in [0.25, 0.3) is 0 Å². The largest absolute Gasteiger partial charge is 0.493 e. The second-order valence-electron chi connectivity index (χ2n) is 13.4. The maximum absolute atomic E-state index is 12.5. The first kappa shape index (κ1) is 42.1. The van der Waals surface area contributed by atoms with Gasteiger partial charge >= 0.3 is 11.9 Å². The summed E-state index contributed by atoms with van der Waals surface area (Å²) in [5, 5.41) is 0. The van der Waals surface area contributed by atoms with Crippen molar-refractivity contribution in [3.05, 3.63) is 59.2 Å². The molecule has 0 aliphatic heterocycles. The van der Waals surface area contributed by atoms with Crippen molar-refractivity contribution in [1.29, 1.82) is 0 Å². The highest BCUT2D eigenvalue weighted by atomic mass is 16.6. The van der Waals surface area contributed by atoms with Crippen LogP contribution in [-0.2, 0) is 38.8 Å². The summed E-state index contributed by atoms with van der Waals surface area (Å²) in [6, 6.07) is 13.2. The van der Waals surface area contributed by atoms with Crippen LogP contribution in [0.15, 0.2) is 42.5 Å². The topological polar surface area (TPSA) is 97.1 Å². The van der Waals surface area contributed by atoms with Crippen LogP contribution in [0.4, 0.5) is 0 Å². The average molecular weight is 682 g/mol. The van der Waals surface area contributed by atoms with E-state index in [0.29, 0.717) is 31.3 Å². The number of rotatable bonds is 31. The van der Waals surface area contributed by atoms with Crippen LogP contribution in [0, 0.1) is 0 Å². The minimum absolute atomic E-state index is 0.0245. The van der Waals surface area contributed by atoms with Crippen LogP contribution in [0.2, 0.25) is 0 Å². The van der Waals surface area contributed by atoms with E-state index in [0.717, 1.165) is 42.4 Å². The number of hydrogen-bond acceptors (Lipinski definition) is 7. The van der Waals surface area contributed by atoms with E-state index in [-0.39, 0.29) is 13.2 Å². The molecule has 276 valence electrons. The smallest absolute Gasteiger partial charge is 0.317 e. The Morgan fingerprint density at radius 3 is 1.27 bits per heavy atom. The SMILES string of the molecule is CCCCCCCCCCCCOc1cc(COC(=O)CC(=O)OCc2ccc(CN)cc2)cc(OCCCCCCCCCCCC)c1. The van der Waals surface area contributed by atoms with Crippen molar-refractivity contribution in [2.24, 2.45) is 5.73 Å². The van der Waals surface area contributed by atoms with Crippen LogP contribution >= 0.6 is 0 Å². The molecule has 0 saturated heterocycles. The standard InChI is InChI=1S/C42H67NO6/c1-3-5-7-9-11-13-15-17-19-21-27-46-39-29-38(30-40(31-39)47-28-22-20-18-16-14-12-10-8-6-4-2)35-49-42(45)32-41(44)48-34-37-25-23-36(33-43)24-26-37/h23-26,29-31H,3-22,27-28,32-35,43H2,1-2H3. The molecule has 0 saturated carbocycles. The molecule has 0 aliphatic carbocycles. The molecular formula is C42H67NO6. The number of hydrogen-bond donors (Lipinski definition) is 1. The third-order valence-corrected chi connectivity index (χ3v) is 8.82. The molecule has 0 heterocycles. The zero-order chi connectivity index (χ0) is 35.2. The Balaban J connectivity index is 1.77. The van der Waals surface area contributed by atoms with Crippen molar-refractivity contribution >= 4 is 11.9 Å². The molecule has 0 spiro atoms. The van der Waals surface area contributed by atoms with E-state index < -0.39 is 18.4 Å². The van der Waals surface area contributed by atoms with Crippen molar-refractivity contribution in [1.82, 2.24) is 0 Å². The van der Waals surface area contributed by atoms with Gasteiger partial charge in [-0.3, -0.25) is 9.59 Å². The molecule has 0 unspecified atom stereocenters. The van der Waals surface area contributed by atoms with E-state index in [1.165, 1.54) is 103 Å². The molecule has 0 fully saturated rings. The minimum atomic E-state index is -0.631. The Labute approximate surface area is 298 Å². The monoisotopic (exact) mass is 681 g/mol. The van der Waals surface area contributed by atoms with Gasteiger partial charge in [0, 0.05) is 12.6 Å². The van der Waals surface area contributed by atoms with Crippen molar-refractivity contribution in [2.75, 3.05) is 13.2 Å². The second-order valence-corrected chi connectivity index (χ2v) is 13.4. The molecule has 7 nitrogen and oxygen atoms in total. The van der Waals surface area contributed by atoms with Crippen LogP contribution in [0.25, 0.3) is 0 Å². The Morgan fingerprint density at radius 1 is 0.490 bits per heavy atom. The lowest BCUT2D eigenvalue weighted by Crippen LogP contribution is -2.14. The van der Waals surface area contributed by atoms with Crippen LogP contribution in [0.1, 0.15) is 165 Å². The zero-order valence-corrected chi connectivity index (χ0v) is 31.0. The summed E-state index contributed by atoms with van der Waals surface area (Å²) < 4.78 is 23.0. The predicted molar refractivity (Wildman–Crippen MR) is 200 cm³/mol. The maximum atomic E-state index is 12.5. The lowest BCUT2D eigenvalue weighted by Gasteiger charge is -2.13. The molecule has 2 aromatic carbocycles. The molecule has 2 rings (SSSR count). The molecular weight excluding hydrogens is 614 g/mol. The quantitative estimate of drug-likeness (QED) is 0.0480. The predicted octanol–water partition coefficient (Wildman–Crippen LogP) is 10.9. The highest BCUT2D eigenvalue weighted by molar-refractivity contribution is 5.91. The van der Waals surface area contributed by atoms with Crippen LogP contribution in [0.5, 0.6) is 11.5 Å². The van der Waals surface area contributed by atoms with Gasteiger partial charge in [0.05, 0.1) is 13.2 Å². The van der Waals surface area contributed by atoms with E-state index >= 15 is 0 Å². The molecule has 7 heteroatoms. The van der Waals surface area contributed by atoms with Gasteiger partial charge in [0.2, 0.25) is 0 Å². The molecule has 2 aromatic rings. The fourth-order valence-corrected chi connectivity index (χ4v) is 5.76. The van der Waals surface area contributed by atoms with E-state index in [9.17, 15) is 9.59 Å². The summed E-state index contributed by atoms with van der Waals surface area (Å²) >= 11 is 0. The van der Waals surface area contributed by atoms with Crippen molar-refractivity contribution in [3.63, 3.8) is 0 Å². The van der Waals surface area contributed by atoms with Gasteiger partial charge in [0.15, 0.2) is 0 Å². The fraction of sp³-hybridized carbons (Fsp3) is 0.667. The molecule has 0 amide bonds. The number of unbranched alkanes of at least 4 members (excludes halogenated alkanes) is 18. The average Bonchev–Trinajstić information content (AvgIpc) is 3.11. The lowest BCUT2D eigenvalue weighted by atomic mass is 10.1. The maximum Gasteiger partial charge on any atom is 0.317 e. The molecule has 0 bridgehead atoms. The van der Waals surface area contributed by atoms with E-state index in [2.05, 4.69) is 13.8 Å². The van der Waals surface area contributed by atoms with E-state index in [1.54, 1.807) is 0 Å². The molecule has 0 aromatic heterocycles. The van der Waals surface area contributed by atoms with Gasteiger partial charge in [0.1, 0.15) is 31.1 Å². The van der Waals surface area contributed by atoms with E-state index in [1.807, 2.05) is 42.5 Å². The summed E-state index contributed by atoms with van der Waals surface area (Å²) in [5.41, 5.74) is 8.23. The minimum Gasteiger partial charge on any atom is -0.493 e. The first-order valence-electron chi connectivity index (χ1n) is 19.5. The van der Waals surface area contributed by atoms with Gasteiger partial charge in [-0.2, -0.15) is 0 Å². The van der Waals surface area contributed by atoms with Gasteiger partial charge in [-0.1, -0.05) is 154 Å². The number of ether oxygens (including phenoxy) is 4. The summed E-state index contributed by atoms with van der Waals surface area (Å²) in [6.07, 6.45) is 25.0. The van der Waals surface area contributed by atoms with Crippen LogP contribution in [0.3, 0.4) is 0 Å². The number of carbonyl (C=O) groups excluding carboxylic acids is 2. The Kier molecular flexibility index (Phi) is 24.7. The normalized spacial score (nSPS) is 11.0. The molecule has 0 atom stereocenters.